The third-order valence-electron chi connectivity index (χ3n) is 2.36. The summed E-state index contributed by atoms with van der Waals surface area (Å²) >= 11 is 0. The summed E-state index contributed by atoms with van der Waals surface area (Å²) in [6.45, 7) is 1.79. The number of carbonyl (C=O) groups is 1. The Bertz CT molecular complexity index is 592. The van der Waals surface area contributed by atoms with Gasteiger partial charge in [0.05, 0.1) is 16.7 Å². The van der Waals surface area contributed by atoms with Gasteiger partial charge in [0.2, 0.25) is 0 Å². The van der Waals surface area contributed by atoms with Crippen molar-refractivity contribution in [2.45, 2.75) is 6.92 Å². The van der Waals surface area contributed by atoms with E-state index in [1.807, 2.05) is 0 Å². The molecule has 92 valence electrons. The van der Waals surface area contributed by atoms with Crippen LogP contribution in [0.4, 0.5) is 11.4 Å². The molecule has 0 saturated heterocycles. The van der Waals surface area contributed by atoms with Crippen LogP contribution in [0.25, 0.3) is 0 Å². The van der Waals surface area contributed by atoms with Gasteiger partial charge in [-0.3, -0.25) is 20.0 Å². The molecule has 1 aromatic carbocycles. The molecule has 0 spiro atoms. The van der Waals surface area contributed by atoms with Crippen LogP contribution in [0, 0.1) is 17.0 Å². The SMILES string of the molecule is Cc1ccc([N+](=O)[O-])c(NC(=O)c2cn[nH]c2)c1. The van der Waals surface area contributed by atoms with Gasteiger partial charge in [0.1, 0.15) is 5.69 Å². The van der Waals surface area contributed by atoms with Crippen LogP contribution < -0.4 is 5.32 Å². The summed E-state index contributed by atoms with van der Waals surface area (Å²) in [6, 6.07) is 4.53. The van der Waals surface area contributed by atoms with Gasteiger partial charge in [-0.25, -0.2) is 0 Å². The highest BCUT2D eigenvalue weighted by molar-refractivity contribution is 6.05. The molecular formula is C11H10N4O3. The molecule has 18 heavy (non-hydrogen) atoms. The van der Waals surface area contributed by atoms with Crippen molar-refractivity contribution in [2.24, 2.45) is 0 Å². The van der Waals surface area contributed by atoms with Crippen LogP contribution >= 0.6 is 0 Å². The summed E-state index contributed by atoms with van der Waals surface area (Å²) in [6.07, 6.45) is 2.76. The van der Waals surface area contributed by atoms with Crippen molar-refractivity contribution < 1.29 is 9.72 Å². The van der Waals surface area contributed by atoms with Crippen LogP contribution in [0.1, 0.15) is 15.9 Å². The Balaban J connectivity index is 2.31. The van der Waals surface area contributed by atoms with E-state index in [-0.39, 0.29) is 11.4 Å². The van der Waals surface area contributed by atoms with Crippen molar-refractivity contribution >= 4 is 17.3 Å². The van der Waals surface area contributed by atoms with Crippen LogP contribution in [0.5, 0.6) is 0 Å². The molecule has 2 N–H and O–H groups in total. The Morgan fingerprint density at radius 1 is 1.50 bits per heavy atom. The van der Waals surface area contributed by atoms with E-state index in [0.717, 1.165) is 5.56 Å². The van der Waals surface area contributed by atoms with Gasteiger partial charge in [-0.15, -0.1) is 0 Å². The third kappa shape index (κ3) is 2.34. The van der Waals surface area contributed by atoms with Gasteiger partial charge in [0.15, 0.2) is 0 Å². The first-order valence-electron chi connectivity index (χ1n) is 5.13. The number of nitro groups is 1. The molecule has 0 aliphatic carbocycles. The first-order valence-corrected chi connectivity index (χ1v) is 5.13. The minimum Gasteiger partial charge on any atom is -0.316 e. The second-order valence-electron chi connectivity index (χ2n) is 3.72. The van der Waals surface area contributed by atoms with Crippen molar-refractivity contribution in [1.82, 2.24) is 10.2 Å². The van der Waals surface area contributed by atoms with Gasteiger partial charge >= 0.3 is 0 Å². The number of anilines is 1. The number of rotatable bonds is 3. The van der Waals surface area contributed by atoms with E-state index < -0.39 is 10.8 Å². The van der Waals surface area contributed by atoms with Gasteiger partial charge in [0.25, 0.3) is 11.6 Å². The highest BCUT2D eigenvalue weighted by atomic mass is 16.6. The van der Waals surface area contributed by atoms with Crippen LogP contribution in [0.3, 0.4) is 0 Å². The molecule has 1 heterocycles. The number of aromatic nitrogens is 2. The molecule has 0 aliphatic heterocycles. The minimum atomic E-state index is -0.537. The maximum atomic E-state index is 11.8. The summed E-state index contributed by atoms with van der Waals surface area (Å²) in [5, 5.41) is 19.5. The number of hydrogen-bond acceptors (Lipinski definition) is 4. The number of hydrogen-bond donors (Lipinski definition) is 2. The zero-order chi connectivity index (χ0) is 13.1. The van der Waals surface area contributed by atoms with Crippen LogP contribution in [0.15, 0.2) is 30.6 Å². The number of nitrogens with zero attached hydrogens (tertiary/aromatic N) is 2. The second kappa shape index (κ2) is 4.66. The van der Waals surface area contributed by atoms with Crippen LogP contribution in [-0.4, -0.2) is 21.0 Å². The average molecular weight is 246 g/mol. The third-order valence-corrected chi connectivity index (χ3v) is 2.36. The predicted octanol–water partition coefficient (Wildman–Crippen LogP) is 1.88. The summed E-state index contributed by atoms with van der Waals surface area (Å²) in [5.41, 5.74) is 1.16. The highest BCUT2D eigenvalue weighted by Crippen LogP contribution is 2.25. The summed E-state index contributed by atoms with van der Waals surface area (Å²) in [7, 11) is 0. The summed E-state index contributed by atoms with van der Waals surface area (Å²) in [4.78, 5) is 22.1. The fraction of sp³-hybridized carbons (Fsp3) is 0.0909. The van der Waals surface area contributed by atoms with E-state index in [2.05, 4.69) is 15.5 Å². The Morgan fingerprint density at radius 3 is 2.89 bits per heavy atom. The van der Waals surface area contributed by atoms with Crippen molar-refractivity contribution in [2.75, 3.05) is 5.32 Å². The second-order valence-corrected chi connectivity index (χ2v) is 3.72. The van der Waals surface area contributed by atoms with E-state index in [9.17, 15) is 14.9 Å². The molecule has 7 heteroatoms. The number of aryl methyl sites for hydroxylation is 1. The van der Waals surface area contributed by atoms with E-state index in [1.54, 1.807) is 19.1 Å². The first kappa shape index (κ1) is 11.8. The molecule has 0 aliphatic rings. The van der Waals surface area contributed by atoms with Crippen molar-refractivity contribution in [3.05, 3.63) is 51.8 Å². The average Bonchev–Trinajstić information content (AvgIpc) is 2.81. The molecule has 0 fully saturated rings. The van der Waals surface area contributed by atoms with Crippen molar-refractivity contribution in [3.8, 4) is 0 Å². The van der Waals surface area contributed by atoms with Gasteiger partial charge in [0, 0.05) is 12.3 Å². The number of nitrogens with one attached hydrogen (secondary N) is 2. The summed E-state index contributed by atoms with van der Waals surface area (Å²) in [5.74, 6) is -0.447. The topological polar surface area (TPSA) is 101 Å². The molecule has 0 unspecified atom stereocenters. The lowest BCUT2D eigenvalue weighted by Crippen LogP contribution is -2.12. The number of benzene rings is 1. The zero-order valence-electron chi connectivity index (χ0n) is 9.51. The Morgan fingerprint density at radius 2 is 2.28 bits per heavy atom. The Labute approximate surface area is 102 Å². The smallest absolute Gasteiger partial charge is 0.292 e. The van der Waals surface area contributed by atoms with Crippen molar-refractivity contribution in [1.29, 1.82) is 0 Å². The Hall–Kier alpha value is -2.70. The lowest BCUT2D eigenvalue weighted by Gasteiger charge is -2.05. The monoisotopic (exact) mass is 246 g/mol. The number of H-pyrrole nitrogens is 1. The molecule has 1 aromatic heterocycles. The zero-order valence-corrected chi connectivity index (χ0v) is 9.51. The molecule has 0 saturated carbocycles. The molecule has 0 radical (unpaired) electrons. The normalized spacial score (nSPS) is 10.1. The maximum Gasteiger partial charge on any atom is 0.292 e. The van der Waals surface area contributed by atoms with Crippen LogP contribution in [0.2, 0.25) is 0 Å². The first-order chi connectivity index (χ1) is 8.58. The van der Waals surface area contributed by atoms with Gasteiger partial charge < -0.3 is 5.32 Å². The van der Waals surface area contributed by atoms with Gasteiger partial charge in [-0.2, -0.15) is 5.10 Å². The predicted molar refractivity (Wildman–Crippen MR) is 64.4 cm³/mol. The highest BCUT2D eigenvalue weighted by Gasteiger charge is 2.16. The molecule has 2 rings (SSSR count). The van der Waals surface area contributed by atoms with E-state index in [4.69, 9.17) is 0 Å². The Kier molecular flexibility index (Phi) is 3.05. The van der Waals surface area contributed by atoms with Gasteiger partial charge in [-0.1, -0.05) is 6.07 Å². The molecule has 2 aromatic rings. The number of aromatic amines is 1. The lowest BCUT2D eigenvalue weighted by molar-refractivity contribution is -0.383. The molecule has 0 atom stereocenters. The van der Waals surface area contributed by atoms with Crippen LogP contribution in [-0.2, 0) is 0 Å². The number of carbonyl (C=O) groups excluding carboxylic acids is 1. The largest absolute Gasteiger partial charge is 0.316 e. The minimum absolute atomic E-state index is 0.141. The summed E-state index contributed by atoms with van der Waals surface area (Å²) < 4.78 is 0. The molecule has 1 amide bonds. The van der Waals surface area contributed by atoms with Gasteiger partial charge in [-0.05, 0) is 18.6 Å². The fourth-order valence-corrected chi connectivity index (χ4v) is 1.48. The molecular weight excluding hydrogens is 236 g/mol. The van der Waals surface area contributed by atoms with Crippen molar-refractivity contribution in [3.63, 3.8) is 0 Å². The maximum absolute atomic E-state index is 11.8. The molecule has 0 bridgehead atoms. The number of nitro benzene ring substituents is 1. The fourth-order valence-electron chi connectivity index (χ4n) is 1.48. The van der Waals surface area contributed by atoms with E-state index >= 15 is 0 Å². The quantitative estimate of drug-likeness (QED) is 0.637. The standard InChI is InChI=1S/C11H10N4O3/c1-7-2-3-10(15(17)18)9(4-7)14-11(16)8-5-12-13-6-8/h2-6H,1H3,(H,12,13)(H,14,16). The lowest BCUT2D eigenvalue weighted by atomic mass is 10.2. The van der Waals surface area contributed by atoms with E-state index in [1.165, 1.54) is 18.5 Å². The molecule has 7 nitrogen and oxygen atoms in total. The van der Waals surface area contributed by atoms with E-state index in [0.29, 0.717) is 5.56 Å². The number of amides is 1.